The number of benzene rings is 2. The van der Waals surface area contributed by atoms with Crippen molar-refractivity contribution in [2.24, 2.45) is 0 Å². The van der Waals surface area contributed by atoms with E-state index in [0.717, 1.165) is 0 Å². The highest BCUT2D eigenvalue weighted by Gasteiger charge is 2.24. The molecule has 0 saturated carbocycles. The topological polar surface area (TPSA) is 97.1 Å². The van der Waals surface area contributed by atoms with Crippen molar-refractivity contribution in [2.45, 2.75) is 26.2 Å². The third-order valence-electron chi connectivity index (χ3n) is 5.60. The van der Waals surface area contributed by atoms with Crippen LogP contribution in [0.4, 0.5) is 4.39 Å². The molecule has 8 heteroatoms. The molecule has 7 nitrogen and oxygen atoms in total. The molecule has 0 aliphatic carbocycles. The third kappa shape index (κ3) is 5.53. The van der Waals surface area contributed by atoms with Gasteiger partial charge in [0.2, 0.25) is 5.78 Å². The van der Waals surface area contributed by atoms with E-state index in [2.05, 4.69) is 20.9 Å². The van der Waals surface area contributed by atoms with E-state index in [1.54, 1.807) is 30.3 Å². The lowest BCUT2D eigenvalue weighted by Crippen LogP contribution is -2.12. The van der Waals surface area contributed by atoms with Crippen LogP contribution >= 0.6 is 0 Å². The van der Waals surface area contributed by atoms with E-state index in [-0.39, 0.29) is 22.5 Å². The van der Waals surface area contributed by atoms with Gasteiger partial charge in [-0.1, -0.05) is 12.1 Å². The van der Waals surface area contributed by atoms with E-state index in [1.165, 1.54) is 18.2 Å². The van der Waals surface area contributed by atoms with Crippen LogP contribution in [0.25, 0.3) is 22.2 Å². The summed E-state index contributed by atoms with van der Waals surface area (Å²) in [5.74, 6) is 2.78. The minimum absolute atomic E-state index is 0.152. The van der Waals surface area contributed by atoms with Crippen molar-refractivity contribution in [2.75, 3.05) is 19.8 Å². The summed E-state index contributed by atoms with van der Waals surface area (Å²) < 4.78 is 25.0. The molecule has 0 bridgehead atoms. The van der Waals surface area contributed by atoms with Crippen LogP contribution in [0.15, 0.2) is 53.3 Å². The molecule has 4 rings (SSSR count). The molecule has 184 valence electrons. The lowest BCUT2D eigenvalue weighted by molar-refractivity contribution is 0.103. The van der Waals surface area contributed by atoms with Gasteiger partial charge in [-0.05, 0) is 55.3 Å². The number of nitrogens with one attached hydrogen (secondary N) is 2. The number of hydrogen-bond acceptors (Lipinski definition) is 5. The molecule has 2 N–H and O–H groups in total. The molecular weight excluding hydrogens is 461 g/mol. The van der Waals surface area contributed by atoms with Crippen molar-refractivity contribution < 1.29 is 18.7 Å². The summed E-state index contributed by atoms with van der Waals surface area (Å²) in [6.07, 6.45) is 7.01. The van der Waals surface area contributed by atoms with E-state index in [0.29, 0.717) is 67.3 Å². The van der Waals surface area contributed by atoms with Gasteiger partial charge in [-0.3, -0.25) is 9.59 Å². The molecule has 0 amide bonds. The Labute approximate surface area is 207 Å². The maximum Gasteiger partial charge on any atom is 0.261 e. The normalized spacial score (nSPS) is 10.9. The number of aromatic amines is 2. The highest BCUT2D eigenvalue weighted by atomic mass is 19.1. The zero-order valence-electron chi connectivity index (χ0n) is 19.9. The summed E-state index contributed by atoms with van der Waals surface area (Å²) in [7, 11) is 0. The lowest BCUT2D eigenvalue weighted by atomic mass is 9.98. The number of ether oxygens (including phenoxy) is 2. The highest BCUT2D eigenvalue weighted by molar-refractivity contribution is 6.16. The van der Waals surface area contributed by atoms with Gasteiger partial charge in [0.25, 0.3) is 5.56 Å². The number of halogens is 1. The van der Waals surface area contributed by atoms with Gasteiger partial charge in [-0.25, -0.2) is 9.37 Å². The summed E-state index contributed by atoms with van der Waals surface area (Å²) in [5, 5.41) is 0.195. The summed E-state index contributed by atoms with van der Waals surface area (Å²) >= 11 is 0. The first kappa shape index (κ1) is 24.9. The maximum atomic E-state index is 14.1. The van der Waals surface area contributed by atoms with Gasteiger partial charge in [0.1, 0.15) is 29.6 Å². The molecule has 0 radical (unpaired) electrons. The van der Waals surface area contributed by atoms with Crippen molar-refractivity contribution in [1.29, 1.82) is 0 Å². The van der Waals surface area contributed by atoms with Crippen LogP contribution in [0, 0.1) is 18.2 Å². The zero-order chi connectivity index (χ0) is 25.5. The van der Waals surface area contributed by atoms with Crippen LogP contribution in [0.1, 0.15) is 41.6 Å². The number of carbonyl (C=O) groups excluding carboxylic acids is 1. The van der Waals surface area contributed by atoms with Gasteiger partial charge in [0, 0.05) is 30.6 Å². The Kier molecular flexibility index (Phi) is 7.93. The number of nitrogens with zero attached hydrogens (tertiary/aromatic N) is 1. The second kappa shape index (κ2) is 11.5. The van der Waals surface area contributed by atoms with E-state index >= 15 is 0 Å². The molecule has 2 aromatic carbocycles. The van der Waals surface area contributed by atoms with E-state index in [1.807, 2.05) is 6.92 Å². The molecule has 0 atom stereocenters. The molecule has 0 fully saturated rings. The van der Waals surface area contributed by atoms with E-state index in [9.17, 15) is 14.0 Å². The van der Waals surface area contributed by atoms with Gasteiger partial charge in [0.15, 0.2) is 0 Å². The molecule has 0 aliphatic rings. The van der Waals surface area contributed by atoms with Crippen molar-refractivity contribution in [3.8, 4) is 29.2 Å². The smallest absolute Gasteiger partial charge is 0.261 e. The van der Waals surface area contributed by atoms with Crippen LogP contribution in [-0.2, 0) is 11.2 Å². The Morgan fingerprint density at radius 3 is 2.67 bits per heavy atom. The Morgan fingerprint density at radius 1 is 1.14 bits per heavy atom. The van der Waals surface area contributed by atoms with Gasteiger partial charge < -0.3 is 19.4 Å². The predicted octanol–water partition coefficient (Wildman–Crippen LogP) is 4.66. The lowest BCUT2D eigenvalue weighted by Gasteiger charge is -2.08. The molecular formula is C28H26FN3O4. The maximum absolute atomic E-state index is 14.1. The summed E-state index contributed by atoms with van der Waals surface area (Å²) in [5.41, 5.74) is 1.07. The van der Waals surface area contributed by atoms with Crippen LogP contribution in [0.2, 0.25) is 0 Å². The fourth-order valence-electron chi connectivity index (χ4n) is 3.94. The molecule has 0 unspecified atom stereocenters. The minimum atomic E-state index is -0.482. The van der Waals surface area contributed by atoms with Gasteiger partial charge >= 0.3 is 0 Å². The first-order valence-electron chi connectivity index (χ1n) is 11.7. The number of terminal acetylenes is 1. The zero-order valence-corrected chi connectivity index (χ0v) is 19.9. The van der Waals surface area contributed by atoms with Gasteiger partial charge in [-0.2, -0.15) is 0 Å². The van der Waals surface area contributed by atoms with E-state index in [4.69, 9.17) is 15.9 Å². The number of ketones is 1. The largest absolute Gasteiger partial charge is 0.491 e. The molecule has 0 spiro atoms. The van der Waals surface area contributed by atoms with Gasteiger partial charge in [-0.15, -0.1) is 12.3 Å². The van der Waals surface area contributed by atoms with Crippen molar-refractivity contribution in [1.82, 2.24) is 15.0 Å². The number of aromatic nitrogens is 3. The van der Waals surface area contributed by atoms with Crippen molar-refractivity contribution in [3.05, 3.63) is 81.8 Å². The van der Waals surface area contributed by atoms with E-state index < -0.39 is 11.4 Å². The number of rotatable bonds is 11. The molecule has 4 aromatic rings. The third-order valence-corrected chi connectivity index (χ3v) is 5.60. The van der Waals surface area contributed by atoms with Crippen LogP contribution in [-0.4, -0.2) is 40.6 Å². The number of fused-ring (bicyclic) bond motifs is 1. The molecule has 2 aromatic heterocycles. The first-order valence-corrected chi connectivity index (χ1v) is 11.7. The fraction of sp³-hybridized carbons (Fsp3) is 0.250. The number of aryl methyl sites for hydroxylation is 1. The first-order chi connectivity index (χ1) is 17.5. The summed E-state index contributed by atoms with van der Waals surface area (Å²) in [4.78, 5) is 37.0. The standard InChI is InChI=1S/C28H26FN3O4/c1-3-5-6-10-22-30-27-24(28(34)31-22)23(19-8-7-9-20(29)17-19)25(32-27)26(33)18-11-13-21(14-12-18)36-16-15-35-4-2/h1,7-9,11-14,17H,4-6,10,15-16H2,2H3,(H2,30,31,32,34). The number of unbranched alkanes of at least 4 members (excludes halogenated alkanes) is 1. The second-order valence-corrected chi connectivity index (χ2v) is 8.08. The average molecular weight is 488 g/mol. The number of hydrogen-bond donors (Lipinski definition) is 2. The minimum Gasteiger partial charge on any atom is -0.491 e. The number of carbonyl (C=O) groups is 1. The Balaban J connectivity index is 1.74. The Morgan fingerprint density at radius 2 is 1.94 bits per heavy atom. The number of H-pyrrole nitrogens is 2. The summed E-state index contributed by atoms with van der Waals surface area (Å²) in [6.45, 7) is 3.38. The quantitative estimate of drug-likeness (QED) is 0.182. The molecule has 0 saturated heterocycles. The summed E-state index contributed by atoms with van der Waals surface area (Å²) in [6, 6.07) is 12.4. The fourth-order valence-corrected chi connectivity index (χ4v) is 3.94. The Bertz CT molecular complexity index is 1470. The van der Waals surface area contributed by atoms with Gasteiger partial charge in [0.05, 0.1) is 17.7 Å². The Hall–Kier alpha value is -4.22. The monoisotopic (exact) mass is 487 g/mol. The molecule has 2 heterocycles. The molecule has 0 aliphatic heterocycles. The second-order valence-electron chi connectivity index (χ2n) is 8.08. The highest BCUT2D eigenvalue weighted by Crippen LogP contribution is 2.32. The van der Waals surface area contributed by atoms with Crippen LogP contribution in [0.5, 0.6) is 5.75 Å². The molecule has 36 heavy (non-hydrogen) atoms. The van der Waals surface area contributed by atoms with Crippen molar-refractivity contribution in [3.63, 3.8) is 0 Å². The predicted molar refractivity (Wildman–Crippen MR) is 136 cm³/mol. The van der Waals surface area contributed by atoms with Crippen LogP contribution in [0.3, 0.4) is 0 Å². The van der Waals surface area contributed by atoms with Crippen LogP contribution < -0.4 is 10.3 Å². The average Bonchev–Trinajstić information content (AvgIpc) is 3.27. The van der Waals surface area contributed by atoms with Crippen molar-refractivity contribution >= 4 is 16.8 Å². The SMILES string of the molecule is C#CCCCc1nc2[nH]c(C(=O)c3ccc(OCCOCC)cc3)c(-c3cccc(F)c3)c2c(=O)[nH]1.